The third-order valence-electron chi connectivity index (χ3n) is 2.46. The summed E-state index contributed by atoms with van der Waals surface area (Å²) in [5.74, 6) is -0.184. The SMILES string of the molecule is CCOC(=O)[C@@H](N)C(C)C(C)(C)C. The Morgan fingerprint density at radius 3 is 2.23 bits per heavy atom. The van der Waals surface area contributed by atoms with Gasteiger partial charge in [0.2, 0.25) is 0 Å². The molecule has 0 amide bonds. The Bertz CT molecular complexity index is 172. The minimum Gasteiger partial charge on any atom is -0.465 e. The molecule has 0 radical (unpaired) electrons. The van der Waals surface area contributed by atoms with Gasteiger partial charge in [-0.1, -0.05) is 27.7 Å². The molecule has 0 aliphatic heterocycles. The van der Waals surface area contributed by atoms with Crippen LogP contribution < -0.4 is 5.73 Å². The predicted molar refractivity (Wildman–Crippen MR) is 53.2 cm³/mol. The second-order valence-electron chi connectivity index (χ2n) is 4.43. The van der Waals surface area contributed by atoms with Gasteiger partial charge in [0.15, 0.2) is 0 Å². The van der Waals surface area contributed by atoms with E-state index in [1.807, 2.05) is 6.92 Å². The Labute approximate surface area is 80.6 Å². The van der Waals surface area contributed by atoms with Gasteiger partial charge in [-0.25, -0.2) is 0 Å². The topological polar surface area (TPSA) is 52.3 Å². The van der Waals surface area contributed by atoms with Gasteiger partial charge in [0.1, 0.15) is 6.04 Å². The minimum atomic E-state index is -0.514. The van der Waals surface area contributed by atoms with Gasteiger partial charge < -0.3 is 10.5 Å². The number of hydrogen-bond acceptors (Lipinski definition) is 3. The number of ether oxygens (including phenoxy) is 1. The molecule has 78 valence electrons. The van der Waals surface area contributed by atoms with Crippen molar-refractivity contribution in [1.29, 1.82) is 0 Å². The Kier molecular flexibility index (Phi) is 4.40. The predicted octanol–water partition coefficient (Wildman–Crippen LogP) is 1.56. The molecule has 0 saturated heterocycles. The number of hydrogen-bond donors (Lipinski definition) is 1. The zero-order valence-corrected chi connectivity index (χ0v) is 9.26. The van der Waals surface area contributed by atoms with Crippen molar-refractivity contribution in [3.63, 3.8) is 0 Å². The summed E-state index contributed by atoms with van der Waals surface area (Å²) in [4.78, 5) is 11.3. The molecule has 2 atom stereocenters. The van der Waals surface area contributed by atoms with Crippen LogP contribution in [0.5, 0.6) is 0 Å². The smallest absolute Gasteiger partial charge is 0.323 e. The average Bonchev–Trinajstić information content (AvgIpc) is 2.00. The molecular formula is C10H21NO2. The maximum atomic E-state index is 11.3. The maximum Gasteiger partial charge on any atom is 0.323 e. The molecule has 0 saturated carbocycles. The third-order valence-corrected chi connectivity index (χ3v) is 2.46. The fourth-order valence-corrected chi connectivity index (χ4v) is 0.981. The molecule has 0 aliphatic carbocycles. The Hall–Kier alpha value is -0.570. The molecule has 13 heavy (non-hydrogen) atoms. The number of esters is 1. The summed E-state index contributed by atoms with van der Waals surface area (Å²) in [6.45, 7) is 10.3. The highest BCUT2D eigenvalue weighted by Gasteiger charge is 2.31. The third kappa shape index (κ3) is 3.77. The molecule has 0 bridgehead atoms. The highest BCUT2D eigenvalue weighted by atomic mass is 16.5. The summed E-state index contributed by atoms with van der Waals surface area (Å²) < 4.78 is 4.86. The maximum absolute atomic E-state index is 11.3. The minimum absolute atomic E-state index is 0.0339. The monoisotopic (exact) mass is 187 g/mol. The van der Waals surface area contributed by atoms with Crippen LogP contribution in [0.3, 0.4) is 0 Å². The molecule has 0 aliphatic rings. The summed E-state index contributed by atoms with van der Waals surface area (Å²) in [7, 11) is 0. The van der Waals surface area contributed by atoms with E-state index >= 15 is 0 Å². The van der Waals surface area contributed by atoms with E-state index in [0.29, 0.717) is 6.61 Å². The normalized spacial score (nSPS) is 16.5. The first kappa shape index (κ1) is 12.4. The van der Waals surface area contributed by atoms with Crippen LogP contribution in [-0.4, -0.2) is 18.6 Å². The Morgan fingerprint density at radius 1 is 1.46 bits per heavy atom. The van der Waals surface area contributed by atoms with Gasteiger partial charge in [0.25, 0.3) is 0 Å². The number of carbonyl (C=O) groups is 1. The van der Waals surface area contributed by atoms with Crippen molar-refractivity contribution in [2.45, 2.75) is 40.7 Å². The number of rotatable bonds is 3. The van der Waals surface area contributed by atoms with Crippen LogP contribution in [0.2, 0.25) is 0 Å². The lowest BCUT2D eigenvalue weighted by Crippen LogP contribution is -2.43. The summed E-state index contributed by atoms with van der Waals surface area (Å²) in [6, 6.07) is -0.514. The molecule has 0 aromatic heterocycles. The molecule has 0 fully saturated rings. The van der Waals surface area contributed by atoms with Gasteiger partial charge in [-0.3, -0.25) is 4.79 Å². The van der Waals surface area contributed by atoms with Crippen molar-refractivity contribution < 1.29 is 9.53 Å². The highest BCUT2D eigenvalue weighted by Crippen LogP contribution is 2.27. The van der Waals surface area contributed by atoms with Crippen LogP contribution in [0, 0.1) is 11.3 Å². The molecule has 0 aromatic carbocycles. The molecular weight excluding hydrogens is 166 g/mol. The van der Waals surface area contributed by atoms with Gasteiger partial charge in [-0.05, 0) is 18.3 Å². The van der Waals surface area contributed by atoms with Crippen LogP contribution in [0.15, 0.2) is 0 Å². The van der Waals surface area contributed by atoms with E-state index in [2.05, 4.69) is 20.8 Å². The fraction of sp³-hybridized carbons (Fsp3) is 0.900. The standard InChI is InChI=1S/C10H21NO2/c1-6-13-9(12)8(11)7(2)10(3,4)5/h7-8H,6,11H2,1-5H3/t7?,8-/m0/s1. The molecule has 3 nitrogen and oxygen atoms in total. The quantitative estimate of drug-likeness (QED) is 0.682. The van der Waals surface area contributed by atoms with Crippen molar-refractivity contribution in [3.05, 3.63) is 0 Å². The molecule has 0 heterocycles. The van der Waals surface area contributed by atoms with E-state index in [1.165, 1.54) is 0 Å². The molecule has 3 heteroatoms. The van der Waals surface area contributed by atoms with E-state index in [9.17, 15) is 4.79 Å². The van der Waals surface area contributed by atoms with Crippen LogP contribution in [0.4, 0.5) is 0 Å². The Morgan fingerprint density at radius 2 is 1.92 bits per heavy atom. The van der Waals surface area contributed by atoms with Gasteiger partial charge >= 0.3 is 5.97 Å². The van der Waals surface area contributed by atoms with E-state index in [-0.39, 0.29) is 17.3 Å². The fourth-order valence-electron chi connectivity index (χ4n) is 0.981. The largest absolute Gasteiger partial charge is 0.465 e. The first-order valence-corrected chi connectivity index (χ1v) is 4.73. The van der Waals surface area contributed by atoms with Crippen LogP contribution in [0.1, 0.15) is 34.6 Å². The average molecular weight is 187 g/mol. The molecule has 2 N–H and O–H groups in total. The first-order chi connectivity index (χ1) is 5.80. The molecule has 0 aromatic rings. The summed E-state index contributed by atoms with van der Waals surface area (Å²) in [5.41, 5.74) is 5.79. The van der Waals surface area contributed by atoms with Crippen molar-refractivity contribution in [2.75, 3.05) is 6.61 Å². The zero-order chi connectivity index (χ0) is 10.6. The van der Waals surface area contributed by atoms with Crippen LogP contribution in [-0.2, 0) is 9.53 Å². The van der Waals surface area contributed by atoms with Crippen molar-refractivity contribution >= 4 is 5.97 Å². The van der Waals surface area contributed by atoms with Gasteiger partial charge in [0, 0.05) is 0 Å². The van der Waals surface area contributed by atoms with Gasteiger partial charge in [-0.2, -0.15) is 0 Å². The van der Waals surface area contributed by atoms with E-state index in [1.54, 1.807) is 6.92 Å². The molecule has 0 rings (SSSR count). The summed E-state index contributed by atoms with van der Waals surface area (Å²) in [6.07, 6.45) is 0. The Balaban J connectivity index is 4.25. The van der Waals surface area contributed by atoms with Gasteiger partial charge in [-0.15, -0.1) is 0 Å². The first-order valence-electron chi connectivity index (χ1n) is 4.73. The lowest BCUT2D eigenvalue weighted by atomic mass is 9.78. The van der Waals surface area contributed by atoms with E-state index in [4.69, 9.17) is 10.5 Å². The summed E-state index contributed by atoms with van der Waals surface area (Å²) >= 11 is 0. The summed E-state index contributed by atoms with van der Waals surface area (Å²) in [5, 5.41) is 0. The number of nitrogens with two attached hydrogens (primary N) is 1. The van der Waals surface area contributed by atoms with E-state index in [0.717, 1.165) is 0 Å². The number of carbonyl (C=O) groups excluding carboxylic acids is 1. The highest BCUT2D eigenvalue weighted by molar-refractivity contribution is 5.75. The molecule has 1 unspecified atom stereocenters. The van der Waals surface area contributed by atoms with Gasteiger partial charge in [0.05, 0.1) is 6.61 Å². The van der Waals surface area contributed by atoms with Crippen molar-refractivity contribution in [3.8, 4) is 0 Å². The van der Waals surface area contributed by atoms with Crippen LogP contribution >= 0.6 is 0 Å². The van der Waals surface area contributed by atoms with E-state index < -0.39 is 6.04 Å². The lowest BCUT2D eigenvalue weighted by Gasteiger charge is -2.30. The second-order valence-corrected chi connectivity index (χ2v) is 4.43. The zero-order valence-electron chi connectivity index (χ0n) is 9.26. The molecule has 0 spiro atoms. The van der Waals surface area contributed by atoms with Crippen LogP contribution in [0.25, 0.3) is 0 Å². The van der Waals surface area contributed by atoms with Crippen molar-refractivity contribution in [1.82, 2.24) is 0 Å². The lowest BCUT2D eigenvalue weighted by molar-refractivity contribution is -0.147. The second kappa shape index (κ2) is 4.61. The van der Waals surface area contributed by atoms with Crippen molar-refractivity contribution in [2.24, 2.45) is 17.1 Å².